The molecular weight excluding hydrogens is 447 g/mol. The molecule has 2 rings (SSSR count). The SMILES string of the molecule is CCN(CC)C(NS(=O)(=O)c1ccc(C(F)(F)F)cc1)C(C)Cc1ccc([N+](=O)[O-])cc1. The van der Waals surface area contributed by atoms with Crippen LogP contribution in [0.3, 0.4) is 0 Å². The van der Waals surface area contributed by atoms with Gasteiger partial charge in [0.2, 0.25) is 10.0 Å². The number of rotatable bonds is 10. The van der Waals surface area contributed by atoms with E-state index in [1.165, 1.54) is 12.1 Å². The first kappa shape index (κ1) is 25.8. The predicted octanol–water partition coefficient (Wildman–Crippen LogP) is 4.44. The van der Waals surface area contributed by atoms with Gasteiger partial charge in [-0.2, -0.15) is 17.9 Å². The van der Waals surface area contributed by atoms with E-state index >= 15 is 0 Å². The highest BCUT2D eigenvalue weighted by Gasteiger charge is 2.32. The Kier molecular flexibility index (Phi) is 8.38. The summed E-state index contributed by atoms with van der Waals surface area (Å²) in [6.45, 7) is 6.69. The molecule has 2 aromatic carbocycles. The smallest absolute Gasteiger partial charge is 0.288 e. The van der Waals surface area contributed by atoms with Crippen LogP contribution in [0.15, 0.2) is 53.4 Å². The van der Waals surface area contributed by atoms with Gasteiger partial charge in [0.05, 0.1) is 21.5 Å². The molecule has 0 spiro atoms. The summed E-state index contributed by atoms with van der Waals surface area (Å²) in [6.07, 6.45) is -4.75. The number of halogens is 3. The topological polar surface area (TPSA) is 92.6 Å². The molecule has 0 saturated carbocycles. The number of nitro groups is 1. The van der Waals surface area contributed by atoms with E-state index in [1.807, 2.05) is 25.7 Å². The summed E-state index contributed by atoms with van der Waals surface area (Å²) in [5, 5.41) is 10.8. The summed E-state index contributed by atoms with van der Waals surface area (Å²) in [7, 11) is -4.09. The van der Waals surface area contributed by atoms with Crippen molar-refractivity contribution in [3.63, 3.8) is 0 Å². The number of benzene rings is 2. The zero-order valence-electron chi connectivity index (χ0n) is 18.0. The number of sulfonamides is 1. The minimum atomic E-state index is -4.56. The molecule has 0 fully saturated rings. The Hall–Kier alpha value is -2.50. The number of nitrogens with one attached hydrogen (secondary N) is 1. The molecule has 7 nitrogen and oxygen atoms in total. The standard InChI is InChI=1S/C21H26F3N3O4S/c1-4-26(5-2)20(15(3)14-16-6-10-18(11-7-16)27(28)29)25-32(30,31)19-12-8-17(9-13-19)21(22,23)24/h6-13,15,20,25H,4-5,14H2,1-3H3. The van der Waals surface area contributed by atoms with Gasteiger partial charge in [0.25, 0.3) is 5.69 Å². The van der Waals surface area contributed by atoms with Crippen LogP contribution in [0.25, 0.3) is 0 Å². The van der Waals surface area contributed by atoms with Crippen molar-refractivity contribution in [2.45, 2.75) is 44.4 Å². The van der Waals surface area contributed by atoms with Crippen LogP contribution in [-0.2, 0) is 22.6 Å². The van der Waals surface area contributed by atoms with E-state index in [-0.39, 0.29) is 16.5 Å². The molecular formula is C21H26F3N3O4S. The van der Waals surface area contributed by atoms with Crippen molar-refractivity contribution >= 4 is 15.7 Å². The van der Waals surface area contributed by atoms with E-state index in [0.717, 1.165) is 29.8 Å². The van der Waals surface area contributed by atoms with Crippen molar-refractivity contribution in [2.24, 2.45) is 5.92 Å². The number of non-ortho nitro benzene ring substituents is 1. The Labute approximate surface area is 185 Å². The maximum atomic E-state index is 12.9. The lowest BCUT2D eigenvalue weighted by Crippen LogP contribution is -2.52. The molecule has 176 valence electrons. The summed E-state index contributed by atoms with van der Waals surface area (Å²) in [5.74, 6) is -0.236. The maximum Gasteiger partial charge on any atom is 0.416 e. The Bertz CT molecular complexity index is 1010. The fourth-order valence-corrected chi connectivity index (χ4v) is 4.78. The quantitative estimate of drug-likeness (QED) is 0.313. The molecule has 2 aromatic rings. The van der Waals surface area contributed by atoms with Crippen molar-refractivity contribution in [3.05, 3.63) is 69.8 Å². The highest BCUT2D eigenvalue weighted by molar-refractivity contribution is 7.89. The van der Waals surface area contributed by atoms with Gasteiger partial charge in [-0.25, -0.2) is 8.42 Å². The van der Waals surface area contributed by atoms with E-state index in [1.54, 1.807) is 12.1 Å². The zero-order chi connectivity index (χ0) is 24.1. The summed E-state index contributed by atoms with van der Waals surface area (Å²) in [6, 6.07) is 9.37. The lowest BCUT2D eigenvalue weighted by molar-refractivity contribution is -0.384. The highest BCUT2D eigenvalue weighted by atomic mass is 32.2. The predicted molar refractivity (Wildman–Crippen MR) is 114 cm³/mol. The van der Waals surface area contributed by atoms with Gasteiger partial charge in [0.1, 0.15) is 0 Å². The number of alkyl halides is 3. The molecule has 1 N–H and O–H groups in total. The molecule has 0 bridgehead atoms. The minimum Gasteiger partial charge on any atom is -0.288 e. The van der Waals surface area contributed by atoms with E-state index < -0.39 is 32.9 Å². The second-order valence-electron chi connectivity index (χ2n) is 7.41. The fourth-order valence-electron chi connectivity index (χ4n) is 3.45. The van der Waals surface area contributed by atoms with Crippen LogP contribution in [0.1, 0.15) is 31.9 Å². The van der Waals surface area contributed by atoms with E-state index in [0.29, 0.717) is 19.5 Å². The molecule has 0 aliphatic rings. The number of nitro benzene ring substituents is 1. The molecule has 0 aromatic heterocycles. The van der Waals surface area contributed by atoms with E-state index in [2.05, 4.69) is 4.72 Å². The molecule has 0 saturated heterocycles. The molecule has 11 heteroatoms. The van der Waals surface area contributed by atoms with Crippen LogP contribution >= 0.6 is 0 Å². The van der Waals surface area contributed by atoms with Gasteiger partial charge in [-0.3, -0.25) is 15.0 Å². The molecule has 0 heterocycles. The minimum absolute atomic E-state index is 0.0373. The Morgan fingerprint density at radius 3 is 2.00 bits per heavy atom. The third kappa shape index (κ3) is 6.50. The summed E-state index contributed by atoms with van der Waals surface area (Å²) in [4.78, 5) is 12.0. The Morgan fingerprint density at radius 2 is 1.56 bits per heavy atom. The highest BCUT2D eigenvalue weighted by Crippen LogP contribution is 2.30. The van der Waals surface area contributed by atoms with Gasteiger partial charge in [0.15, 0.2) is 0 Å². The van der Waals surface area contributed by atoms with Crippen molar-refractivity contribution in [1.29, 1.82) is 0 Å². The van der Waals surface area contributed by atoms with Gasteiger partial charge in [-0.15, -0.1) is 0 Å². The molecule has 2 unspecified atom stereocenters. The third-order valence-corrected chi connectivity index (χ3v) is 6.66. The van der Waals surface area contributed by atoms with Crippen molar-refractivity contribution in [1.82, 2.24) is 9.62 Å². The largest absolute Gasteiger partial charge is 0.416 e. The summed E-state index contributed by atoms with van der Waals surface area (Å²) >= 11 is 0. The molecule has 0 radical (unpaired) electrons. The van der Waals surface area contributed by atoms with Gasteiger partial charge in [0, 0.05) is 12.1 Å². The average molecular weight is 474 g/mol. The number of nitrogens with zero attached hydrogens (tertiary/aromatic N) is 2. The van der Waals surface area contributed by atoms with Crippen LogP contribution in [0.2, 0.25) is 0 Å². The molecule has 32 heavy (non-hydrogen) atoms. The Morgan fingerprint density at radius 1 is 1.03 bits per heavy atom. The summed E-state index contributed by atoms with van der Waals surface area (Å²) < 4.78 is 66.9. The van der Waals surface area contributed by atoms with Gasteiger partial charge < -0.3 is 0 Å². The van der Waals surface area contributed by atoms with Gasteiger partial charge >= 0.3 is 6.18 Å². The first-order valence-corrected chi connectivity index (χ1v) is 11.5. The molecule has 0 amide bonds. The van der Waals surface area contributed by atoms with Crippen LogP contribution < -0.4 is 4.72 Å². The van der Waals surface area contributed by atoms with Crippen molar-refractivity contribution < 1.29 is 26.5 Å². The lowest BCUT2D eigenvalue weighted by Gasteiger charge is -2.34. The monoisotopic (exact) mass is 473 g/mol. The second kappa shape index (κ2) is 10.4. The zero-order valence-corrected chi connectivity index (χ0v) is 18.8. The lowest BCUT2D eigenvalue weighted by atomic mass is 9.97. The van der Waals surface area contributed by atoms with Gasteiger partial charge in [-0.1, -0.05) is 32.9 Å². The fraction of sp³-hybridized carbons (Fsp3) is 0.429. The van der Waals surface area contributed by atoms with Gasteiger partial charge in [-0.05, 0) is 55.3 Å². The number of hydrogen-bond acceptors (Lipinski definition) is 5. The normalized spacial score (nSPS) is 14.3. The first-order valence-electron chi connectivity index (χ1n) is 10.1. The van der Waals surface area contributed by atoms with Crippen molar-refractivity contribution in [2.75, 3.05) is 13.1 Å². The molecule has 0 aliphatic carbocycles. The second-order valence-corrected chi connectivity index (χ2v) is 9.13. The first-order chi connectivity index (χ1) is 14.9. The number of hydrogen-bond donors (Lipinski definition) is 1. The van der Waals surface area contributed by atoms with E-state index in [4.69, 9.17) is 0 Å². The Balaban J connectivity index is 2.26. The third-order valence-electron chi connectivity index (χ3n) is 5.22. The average Bonchev–Trinajstić information content (AvgIpc) is 2.73. The van der Waals surface area contributed by atoms with Crippen LogP contribution in [-0.4, -0.2) is 37.5 Å². The van der Waals surface area contributed by atoms with E-state index in [9.17, 15) is 31.7 Å². The summed E-state index contributed by atoms with van der Waals surface area (Å²) in [5.41, 5.74) is -0.165. The van der Waals surface area contributed by atoms with Crippen LogP contribution in [0.5, 0.6) is 0 Å². The van der Waals surface area contributed by atoms with Crippen LogP contribution in [0.4, 0.5) is 18.9 Å². The molecule has 2 atom stereocenters. The van der Waals surface area contributed by atoms with Crippen LogP contribution in [0, 0.1) is 16.0 Å². The van der Waals surface area contributed by atoms with Crippen molar-refractivity contribution in [3.8, 4) is 0 Å². The maximum absolute atomic E-state index is 12.9. The molecule has 0 aliphatic heterocycles.